The summed E-state index contributed by atoms with van der Waals surface area (Å²) in [5.41, 5.74) is 2.03. The van der Waals surface area contributed by atoms with E-state index in [1.165, 1.54) is 12.7 Å². The third-order valence-corrected chi connectivity index (χ3v) is 2.69. The highest BCUT2D eigenvalue weighted by Crippen LogP contribution is 2.13. The second kappa shape index (κ2) is 4.94. The number of ether oxygens (including phenoxy) is 1. The van der Waals surface area contributed by atoms with E-state index in [1.54, 1.807) is 0 Å². The second-order valence-corrected chi connectivity index (χ2v) is 3.88. The van der Waals surface area contributed by atoms with E-state index in [0.29, 0.717) is 6.54 Å². The van der Waals surface area contributed by atoms with Gasteiger partial charge in [0.15, 0.2) is 0 Å². The molecule has 1 aliphatic rings. The fourth-order valence-electron chi connectivity index (χ4n) is 1.85. The van der Waals surface area contributed by atoms with Gasteiger partial charge in [-0.3, -0.25) is 4.90 Å². The molecule has 1 aromatic carbocycles. The van der Waals surface area contributed by atoms with Gasteiger partial charge in [-0.05, 0) is 5.56 Å². The van der Waals surface area contributed by atoms with Gasteiger partial charge in [0.05, 0.1) is 7.11 Å². The highest BCUT2D eigenvalue weighted by molar-refractivity contribution is 5.89. The van der Waals surface area contributed by atoms with Crippen LogP contribution in [0.4, 0.5) is 0 Å². The van der Waals surface area contributed by atoms with Gasteiger partial charge in [-0.15, -0.1) is 0 Å². The van der Waals surface area contributed by atoms with E-state index < -0.39 is 0 Å². The number of hydrogen-bond donors (Lipinski definition) is 0. The molecule has 0 bridgehead atoms. The zero-order valence-corrected chi connectivity index (χ0v) is 9.35. The van der Waals surface area contributed by atoms with Gasteiger partial charge in [0.1, 0.15) is 0 Å². The molecule has 84 valence electrons. The summed E-state index contributed by atoms with van der Waals surface area (Å²) in [5, 5.41) is 0. The van der Waals surface area contributed by atoms with Gasteiger partial charge in [0, 0.05) is 25.2 Å². The summed E-state index contributed by atoms with van der Waals surface area (Å²) < 4.78 is 4.70. The van der Waals surface area contributed by atoms with Crippen molar-refractivity contribution in [2.75, 3.05) is 20.2 Å². The predicted octanol–water partition coefficient (Wildman–Crippen LogP) is 1.60. The SMILES string of the molecule is COC(=O)C1=CCN(Cc2ccccc2)C1. The number of nitrogens with zero attached hydrogens (tertiary/aromatic N) is 1. The first-order valence-electron chi connectivity index (χ1n) is 5.33. The summed E-state index contributed by atoms with van der Waals surface area (Å²) in [4.78, 5) is 13.5. The lowest BCUT2D eigenvalue weighted by atomic mass is 10.2. The Morgan fingerprint density at radius 1 is 1.38 bits per heavy atom. The molecular formula is C13H15NO2. The van der Waals surface area contributed by atoms with Crippen LogP contribution < -0.4 is 0 Å². The van der Waals surface area contributed by atoms with E-state index in [1.807, 2.05) is 24.3 Å². The summed E-state index contributed by atoms with van der Waals surface area (Å²) in [6, 6.07) is 10.2. The molecule has 0 atom stereocenters. The van der Waals surface area contributed by atoms with Crippen LogP contribution in [-0.4, -0.2) is 31.1 Å². The van der Waals surface area contributed by atoms with Crippen molar-refractivity contribution in [3.63, 3.8) is 0 Å². The molecule has 1 heterocycles. The van der Waals surface area contributed by atoms with E-state index in [0.717, 1.165) is 18.7 Å². The number of carbonyl (C=O) groups excluding carboxylic acids is 1. The first kappa shape index (κ1) is 10.9. The Morgan fingerprint density at radius 3 is 2.81 bits per heavy atom. The van der Waals surface area contributed by atoms with Gasteiger partial charge >= 0.3 is 5.97 Å². The zero-order chi connectivity index (χ0) is 11.4. The van der Waals surface area contributed by atoms with Gasteiger partial charge in [-0.25, -0.2) is 4.79 Å². The van der Waals surface area contributed by atoms with E-state index in [4.69, 9.17) is 4.74 Å². The van der Waals surface area contributed by atoms with Crippen LogP contribution in [0.15, 0.2) is 42.0 Å². The van der Waals surface area contributed by atoms with Crippen LogP contribution in [0.5, 0.6) is 0 Å². The molecule has 2 rings (SSSR count). The summed E-state index contributed by atoms with van der Waals surface area (Å²) >= 11 is 0. The lowest BCUT2D eigenvalue weighted by Gasteiger charge is -2.15. The average Bonchev–Trinajstić information content (AvgIpc) is 2.78. The summed E-state index contributed by atoms with van der Waals surface area (Å²) in [6.45, 7) is 2.37. The Labute approximate surface area is 95.3 Å². The molecule has 0 unspecified atom stereocenters. The van der Waals surface area contributed by atoms with Gasteiger partial charge < -0.3 is 4.74 Å². The number of hydrogen-bond acceptors (Lipinski definition) is 3. The summed E-state index contributed by atoms with van der Waals surface area (Å²) in [5.74, 6) is -0.212. The van der Waals surface area contributed by atoms with Crippen LogP contribution in [0.25, 0.3) is 0 Å². The topological polar surface area (TPSA) is 29.5 Å². The molecule has 0 fully saturated rings. The minimum atomic E-state index is -0.212. The Bertz CT molecular complexity index is 398. The fourth-order valence-corrected chi connectivity index (χ4v) is 1.85. The van der Waals surface area contributed by atoms with E-state index in [2.05, 4.69) is 17.0 Å². The minimum absolute atomic E-state index is 0.212. The number of carbonyl (C=O) groups is 1. The third kappa shape index (κ3) is 2.49. The van der Waals surface area contributed by atoms with Gasteiger partial charge in [0.2, 0.25) is 0 Å². The fraction of sp³-hybridized carbons (Fsp3) is 0.308. The Balaban J connectivity index is 1.90. The predicted molar refractivity (Wildman–Crippen MR) is 61.8 cm³/mol. The van der Waals surface area contributed by atoms with Gasteiger partial charge in [0.25, 0.3) is 0 Å². The van der Waals surface area contributed by atoms with Crippen molar-refractivity contribution in [2.45, 2.75) is 6.54 Å². The average molecular weight is 217 g/mol. The van der Waals surface area contributed by atoms with Crippen molar-refractivity contribution < 1.29 is 9.53 Å². The molecule has 0 aliphatic carbocycles. The molecule has 0 saturated carbocycles. The molecule has 1 aromatic rings. The summed E-state index contributed by atoms with van der Waals surface area (Å²) in [6.07, 6.45) is 1.94. The molecule has 0 spiro atoms. The monoisotopic (exact) mass is 217 g/mol. The number of rotatable bonds is 3. The van der Waals surface area contributed by atoms with Crippen LogP contribution in [-0.2, 0) is 16.1 Å². The lowest BCUT2D eigenvalue weighted by Crippen LogP contribution is -2.22. The van der Waals surface area contributed by atoms with Crippen molar-refractivity contribution in [3.8, 4) is 0 Å². The molecular weight excluding hydrogens is 202 g/mol. The molecule has 1 aliphatic heterocycles. The standard InChI is InChI=1S/C13H15NO2/c1-16-13(15)12-7-8-14(10-12)9-11-5-3-2-4-6-11/h2-7H,8-10H2,1H3. The molecule has 0 aromatic heterocycles. The van der Waals surface area contributed by atoms with Crippen molar-refractivity contribution >= 4 is 5.97 Å². The zero-order valence-electron chi connectivity index (χ0n) is 9.35. The van der Waals surface area contributed by atoms with E-state index in [9.17, 15) is 4.79 Å². The molecule has 3 heteroatoms. The molecule has 16 heavy (non-hydrogen) atoms. The Morgan fingerprint density at radius 2 is 2.12 bits per heavy atom. The van der Waals surface area contributed by atoms with Crippen LogP contribution in [0.2, 0.25) is 0 Å². The molecule has 0 amide bonds. The lowest BCUT2D eigenvalue weighted by molar-refractivity contribution is -0.136. The first-order chi connectivity index (χ1) is 7.79. The van der Waals surface area contributed by atoms with Crippen molar-refractivity contribution in [2.24, 2.45) is 0 Å². The van der Waals surface area contributed by atoms with Gasteiger partial charge in [-0.2, -0.15) is 0 Å². The maximum Gasteiger partial charge on any atom is 0.334 e. The molecule has 0 radical (unpaired) electrons. The smallest absolute Gasteiger partial charge is 0.334 e. The highest BCUT2D eigenvalue weighted by Gasteiger charge is 2.19. The minimum Gasteiger partial charge on any atom is -0.466 e. The molecule has 0 N–H and O–H groups in total. The number of esters is 1. The van der Waals surface area contributed by atoms with Crippen molar-refractivity contribution in [1.82, 2.24) is 4.90 Å². The van der Waals surface area contributed by atoms with Crippen LogP contribution in [0.1, 0.15) is 5.56 Å². The van der Waals surface area contributed by atoms with Crippen molar-refractivity contribution in [1.29, 1.82) is 0 Å². The van der Waals surface area contributed by atoms with E-state index >= 15 is 0 Å². The Kier molecular flexibility index (Phi) is 3.37. The third-order valence-electron chi connectivity index (χ3n) is 2.69. The van der Waals surface area contributed by atoms with E-state index in [-0.39, 0.29) is 5.97 Å². The molecule has 3 nitrogen and oxygen atoms in total. The summed E-state index contributed by atoms with van der Waals surface area (Å²) in [7, 11) is 1.42. The molecule has 0 saturated heterocycles. The normalized spacial score (nSPS) is 15.9. The maximum atomic E-state index is 11.3. The maximum absolute atomic E-state index is 11.3. The highest BCUT2D eigenvalue weighted by atomic mass is 16.5. The second-order valence-electron chi connectivity index (χ2n) is 3.88. The number of benzene rings is 1. The quantitative estimate of drug-likeness (QED) is 0.720. The largest absolute Gasteiger partial charge is 0.466 e. The van der Waals surface area contributed by atoms with Gasteiger partial charge in [-0.1, -0.05) is 36.4 Å². The van der Waals surface area contributed by atoms with Crippen LogP contribution >= 0.6 is 0 Å². The number of methoxy groups -OCH3 is 1. The Hall–Kier alpha value is -1.61. The van der Waals surface area contributed by atoms with Crippen LogP contribution in [0.3, 0.4) is 0 Å². The first-order valence-corrected chi connectivity index (χ1v) is 5.33. The van der Waals surface area contributed by atoms with Crippen molar-refractivity contribution in [3.05, 3.63) is 47.5 Å². The van der Waals surface area contributed by atoms with Crippen LogP contribution in [0, 0.1) is 0 Å².